The molecule has 0 aromatic heterocycles. The van der Waals surface area contributed by atoms with Gasteiger partial charge < -0.3 is 0 Å². The molecule has 0 heterocycles. The van der Waals surface area contributed by atoms with Crippen molar-refractivity contribution in [3.63, 3.8) is 0 Å². The predicted octanol–water partition coefficient (Wildman–Crippen LogP) is 2.31. The van der Waals surface area contributed by atoms with Gasteiger partial charge in [0.1, 0.15) is 0 Å². The fourth-order valence-corrected chi connectivity index (χ4v) is 2.81. The van der Waals surface area contributed by atoms with Crippen molar-refractivity contribution >= 4 is 20.7 Å². The Bertz CT molecular complexity index is 163. The summed E-state index contributed by atoms with van der Waals surface area (Å²) in [5.74, 6) is 3.13. The van der Waals surface area contributed by atoms with Gasteiger partial charge in [0.25, 0.3) is 0 Å². The van der Waals surface area contributed by atoms with Crippen LogP contribution < -0.4 is 0 Å². The summed E-state index contributed by atoms with van der Waals surface area (Å²) in [7, 11) is 0. The van der Waals surface area contributed by atoms with Crippen molar-refractivity contribution in [2.45, 2.75) is 43.2 Å². The number of carbonyl (C=O) groups is 1. The van der Waals surface area contributed by atoms with Crippen LogP contribution in [0, 0.1) is 5.92 Å². The summed E-state index contributed by atoms with van der Waals surface area (Å²) in [6, 6.07) is 0. The number of Topliss-reactive ketones (excluding diaryl/α,β-unsaturated/α-hetero) is 1. The Labute approximate surface area is 75.1 Å². The number of hydrogen-bond acceptors (Lipinski definition) is 1. The van der Waals surface area contributed by atoms with E-state index in [1.165, 1.54) is 0 Å². The fourth-order valence-electron chi connectivity index (χ4n) is 1.69. The summed E-state index contributed by atoms with van der Waals surface area (Å²) in [5.41, 5.74) is 0. The van der Waals surface area contributed by atoms with Gasteiger partial charge in [-0.15, -0.1) is 0 Å². The Hall–Kier alpha value is 0.189. The zero-order chi connectivity index (χ0) is 8.48. The van der Waals surface area contributed by atoms with Gasteiger partial charge in [-0.1, -0.05) is 0 Å². The van der Waals surface area contributed by atoms with E-state index in [9.17, 15) is 4.79 Å². The average Bonchev–Trinajstić information content (AvgIpc) is 2.36. The summed E-state index contributed by atoms with van der Waals surface area (Å²) in [4.78, 5) is 11.4. The number of carbonyl (C=O) groups excluding carboxylic acids is 1. The third-order valence-corrected chi connectivity index (χ3v) is 5.47. The third-order valence-electron chi connectivity index (χ3n) is 2.67. The van der Waals surface area contributed by atoms with Gasteiger partial charge in [0.05, 0.1) is 0 Å². The summed E-state index contributed by atoms with van der Waals surface area (Å²) in [5, 5.41) is 0. The molecule has 0 aromatic rings. The second-order valence-corrected chi connectivity index (χ2v) is 6.78. The number of ketones is 1. The molecule has 2 heteroatoms. The SMILES string of the molecule is C[Se]C(C)(C)C1CCCC1=O. The molecule has 1 unspecified atom stereocenters. The predicted molar refractivity (Wildman–Crippen MR) is 48.0 cm³/mol. The van der Waals surface area contributed by atoms with Gasteiger partial charge in [-0.3, -0.25) is 0 Å². The Kier molecular flexibility index (Phi) is 2.77. The maximum absolute atomic E-state index is 11.4. The van der Waals surface area contributed by atoms with Crippen molar-refractivity contribution < 1.29 is 4.79 Å². The zero-order valence-electron chi connectivity index (χ0n) is 7.52. The van der Waals surface area contributed by atoms with Crippen LogP contribution in [0.25, 0.3) is 0 Å². The molecule has 1 saturated carbocycles. The fraction of sp³-hybridized carbons (Fsp3) is 0.889. The van der Waals surface area contributed by atoms with E-state index in [2.05, 4.69) is 19.7 Å². The van der Waals surface area contributed by atoms with Crippen LogP contribution in [0.4, 0.5) is 0 Å². The van der Waals surface area contributed by atoms with E-state index in [4.69, 9.17) is 0 Å². The maximum atomic E-state index is 11.4. The van der Waals surface area contributed by atoms with Gasteiger partial charge in [-0.2, -0.15) is 0 Å². The molecule has 11 heavy (non-hydrogen) atoms. The van der Waals surface area contributed by atoms with Gasteiger partial charge in [0, 0.05) is 0 Å². The van der Waals surface area contributed by atoms with Crippen LogP contribution in [0.1, 0.15) is 33.1 Å². The third kappa shape index (κ3) is 1.86. The van der Waals surface area contributed by atoms with E-state index in [-0.39, 0.29) is 0 Å². The molecule has 0 N–H and O–H groups in total. The first kappa shape index (κ1) is 9.28. The average molecular weight is 219 g/mol. The van der Waals surface area contributed by atoms with E-state index in [0.29, 0.717) is 31.0 Å². The van der Waals surface area contributed by atoms with Crippen LogP contribution in [-0.4, -0.2) is 20.7 Å². The quantitative estimate of drug-likeness (QED) is 0.651. The van der Waals surface area contributed by atoms with Gasteiger partial charge in [0.15, 0.2) is 0 Å². The van der Waals surface area contributed by atoms with E-state index in [1.807, 2.05) is 0 Å². The van der Waals surface area contributed by atoms with Crippen molar-refractivity contribution in [1.29, 1.82) is 0 Å². The zero-order valence-corrected chi connectivity index (χ0v) is 9.23. The summed E-state index contributed by atoms with van der Waals surface area (Å²) < 4.78 is 0.306. The Morgan fingerprint density at radius 1 is 1.55 bits per heavy atom. The van der Waals surface area contributed by atoms with E-state index in [1.54, 1.807) is 0 Å². The molecule has 0 bridgehead atoms. The molecule has 1 fully saturated rings. The van der Waals surface area contributed by atoms with Crippen LogP contribution in [0.15, 0.2) is 0 Å². The second-order valence-electron chi connectivity index (χ2n) is 3.72. The van der Waals surface area contributed by atoms with Crippen LogP contribution in [0.2, 0.25) is 10.1 Å². The van der Waals surface area contributed by atoms with E-state index in [0.717, 1.165) is 19.3 Å². The molecular weight excluding hydrogens is 203 g/mol. The first-order valence-electron chi connectivity index (χ1n) is 4.16. The van der Waals surface area contributed by atoms with E-state index < -0.39 is 0 Å². The Morgan fingerprint density at radius 3 is 2.55 bits per heavy atom. The molecule has 1 nitrogen and oxygen atoms in total. The van der Waals surface area contributed by atoms with Crippen LogP contribution in [0.5, 0.6) is 0 Å². The molecule has 0 radical (unpaired) electrons. The van der Waals surface area contributed by atoms with Crippen LogP contribution in [-0.2, 0) is 4.79 Å². The van der Waals surface area contributed by atoms with Gasteiger partial charge >= 0.3 is 74.7 Å². The van der Waals surface area contributed by atoms with Crippen molar-refractivity contribution in [3.05, 3.63) is 0 Å². The van der Waals surface area contributed by atoms with Gasteiger partial charge in [-0.05, 0) is 0 Å². The first-order chi connectivity index (χ1) is 5.08. The Balaban J connectivity index is 2.65. The minimum absolute atomic E-state index is 0.306. The molecule has 0 amide bonds. The van der Waals surface area contributed by atoms with Crippen molar-refractivity contribution in [1.82, 2.24) is 0 Å². The number of hydrogen-bond donors (Lipinski definition) is 0. The van der Waals surface area contributed by atoms with Crippen LogP contribution >= 0.6 is 0 Å². The molecule has 0 aromatic carbocycles. The topological polar surface area (TPSA) is 17.1 Å². The number of rotatable bonds is 2. The van der Waals surface area contributed by atoms with Crippen molar-refractivity contribution in [2.24, 2.45) is 5.92 Å². The first-order valence-corrected chi connectivity index (χ1v) is 6.73. The van der Waals surface area contributed by atoms with Gasteiger partial charge in [0.2, 0.25) is 0 Å². The van der Waals surface area contributed by atoms with Crippen molar-refractivity contribution in [2.75, 3.05) is 0 Å². The Morgan fingerprint density at radius 2 is 2.18 bits per heavy atom. The minimum atomic E-state index is 0.306. The summed E-state index contributed by atoms with van der Waals surface area (Å²) >= 11 is 0.595. The molecule has 1 aliphatic rings. The van der Waals surface area contributed by atoms with Crippen LogP contribution in [0.3, 0.4) is 0 Å². The van der Waals surface area contributed by atoms with E-state index >= 15 is 0 Å². The molecule has 64 valence electrons. The molecule has 1 rings (SSSR count). The molecule has 0 saturated heterocycles. The summed E-state index contributed by atoms with van der Waals surface area (Å²) in [6.45, 7) is 4.47. The second kappa shape index (κ2) is 3.28. The monoisotopic (exact) mass is 220 g/mol. The molecule has 0 aliphatic heterocycles. The molecular formula is C9H16OSe. The molecule has 1 aliphatic carbocycles. The molecule has 0 spiro atoms. The summed E-state index contributed by atoms with van der Waals surface area (Å²) in [6.07, 6.45) is 3.11. The standard InChI is InChI=1S/C9H16OSe/c1-9(2,11-3)7-5-4-6-8(7)10/h7H,4-6H2,1-3H3. The normalized spacial score (nSPS) is 26.1. The van der Waals surface area contributed by atoms with Gasteiger partial charge in [-0.25, -0.2) is 0 Å². The van der Waals surface area contributed by atoms with Crippen molar-refractivity contribution in [3.8, 4) is 0 Å². The molecule has 1 atom stereocenters.